The van der Waals surface area contributed by atoms with E-state index in [1.165, 1.54) is 0 Å². The number of benzene rings is 1. The van der Waals surface area contributed by atoms with Gasteiger partial charge in [-0.05, 0) is 31.0 Å². The first-order valence-corrected chi connectivity index (χ1v) is 6.93. The molecule has 1 aliphatic rings. The standard InChI is InChI=1S/C15H23NO3/c1-3-15(18)12-4-6-13(7-5-12)16-8-11(2)19-14(9-16)10-17/h4-7,11,14-15,17-18H,3,8-10H2,1-2H3/t11?,14?,15-/m0/s1. The Morgan fingerprint density at radius 1 is 1.32 bits per heavy atom. The summed E-state index contributed by atoms with van der Waals surface area (Å²) in [6, 6.07) is 8.00. The van der Waals surface area contributed by atoms with Gasteiger partial charge in [0.05, 0.1) is 24.9 Å². The van der Waals surface area contributed by atoms with E-state index in [0.29, 0.717) is 6.54 Å². The van der Waals surface area contributed by atoms with Gasteiger partial charge >= 0.3 is 0 Å². The van der Waals surface area contributed by atoms with Gasteiger partial charge in [-0.1, -0.05) is 19.1 Å². The number of aliphatic hydroxyl groups is 2. The quantitative estimate of drug-likeness (QED) is 0.870. The smallest absolute Gasteiger partial charge is 0.0984 e. The molecule has 0 radical (unpaired) electrons. The van der Waals surface area contributed by atoms with Crippen LogP contribution >= 0.6 is 0 Å². The Bertz CT molecular complexity index is 393. The second kappa shape index (κ2) is 6.37. The van der Waals surface area contributed by atoms with Gasteiger partial charge in [0.1, 0.15) is 0 Å². The number of nitrogens with zero attached hydrogens (tertiary/aromatic N) is 1. The van der Waals surface area contributed by atoms with E-state index in [2.05, 4.69) is 4.90 Å². The minimum absolute atomic E-state index is 0.0491. The fourth-order valence-corrected chi connectivity index (χ4v) is 2.50. The Morgan fingerprint density at radius 2 is 2.00 bits per heavy atom. The first kappa shape index (κ1) is 14.3. The zero-order valence-corrected chi connectivity index (χ0v) is 11.6. The van der Waals surface area contributed by atoms with E-state index in [0.717, 1.165) is 24.2 Å². The molecule has 1 aromatic rings. The highest BCUT2D eigenvalue weighted by molar-refractivity contribution is 5.48. The van der Waals surface area contributed by atoms with E-state index in [-0.39, 0.29) is 24.9 Å². The Balaban J connectivity index is 2.08. The molecule has 2 rings (SSSR count). The highest BCUT2D eigenvalue weighted by Gasteiger charge is 2.24. The second-order valence-electron chi connectivity index (χ2n) is 5.17. The van der Waals surface area contributed by atoms with Crippen molar-refractivity contribution in [2.75, 3.05) is 24.6 Å². The third kappa shape index (κ3) is 3.47. The molecule has 1 aromatic carbocycles. The molecule has 2 unspecified atom stereocenters. The topological polar surface area (TPSA) is 52.9 Å². The van der Waals surface area contributed by atoms with E-state index in [1.54, 1.807) is 0 Å². The molecule has 0 aliphatic carbocycles. The van der Waals surface area contributed by atoms with Crippen LogP contribution < -0.4 is 4.90 Å². The lowest BCUT2D eigenvalue weighted by atomic mass is 10.1. The van der Waals surface area contributed by atoms with E-state index < -0.39 is 0 Å². The average Bonchev–Trinajstić information content (AvgIpc) is 2.46. The van der Waals surface area contributed by atoms with Crippen LogP contribution in [0.4, 0.5) is 5.69 Å². The third-order valence-corrected chi connectivity index (χ3v) is 3.56. The van der Waals surface area contributed by atoms with Gasteiger partial charge in [0.15, 0.2) is 0 Å². The van der Waals surface area contributed by atoms with Gasteiger partial charge in [0.2, 0.25) is 0 Å². The second-order valence-corrected chi connectivity index (χ2v) is 5.17. The molecule has 2 N–H and O–H groups in total. The molecule has 0 amide bonds. The van der Waals surface area contributed by atoms with Crippen molar-refractivity contribution in [3.8, 4) is 0 Å². The molecule has 1 aliphatic heterocycles. The molecular formula is C15H23NO3. The molecule has 1 saturated heterocycles. The summed E-state index contributed by atoms with van der Waals surface area (Å²) < 4.78 is 5.63. The average molecular weight is 265 g/mol. The third-order valence-electron chi connectivity index (χ3n) is 3.56. The van der Waals surface area contributed by atoms with Gasteiger partial charge in [0, 0.05) is 18.8 Å². The lowest BCUT2D eigenvalue weighted by Crippen LogP contribution is -2.48. The molecule has 0 saturated carbocycles. The number of hydrogen-bond acceptors (Lipinski definition) is 4. The monoisotopic (exact) mass is 265 g/mol. The Kier molecular flexibility index (Phi) is 4.80. The number of hydrogen-bond donors (Lipinski definition) is 2. The van der Waals surface area contributed by atoms with Gasteiger partial charge in [-0.25, -0.2) is 0 Å². The fraction of sp³-hybridized carbons (Fsp3) is 0.600. The molecule has 1 fully saturated rings. The highest BCUT2D eigenvalue weighted by atomic mass is 16.5. The molecule has 106 valence electrons. The van der Waals surface area contributed by atoms with Gasteiger partial charge in [0.25, 0.3) is 0 Å². The fourth-order valence-electron chi connectivity index (χ4n) is 2.50. The number of ether oxygens (including phenoxy) is 1. The normalized spacial score (nSPS) is 25.4. The molecular weight excluding hydrogens is 242 g/mol. The Labute approximate surface area is 114 Å². The van der Waals surface area contributed by atoms with Crippen molar-refractivity contribution in [2.45, 2.75) is 38.6 Å². The van der Waals surface area contributed by atoms with Gasteiger partial charge in [-0.2, -0.15) is 0 Å². The highest BCUT2D eigenvalue weighted by Crippen LogP contribution is 2.23. The summed E-state index contributed by atoms with van der Waals surface area (Å²) in [4.78, 5) is 2.22. The van der Waals surface area contributed by atoms with E-state index in [9.17, 15) is 10.2 Å². The molecule has 19 heavy (non-hydrogen) atoms. The number of morpholine rings is 1. The predicted octanol–water partition coefficient (Wildman–Crippen LogP) is 1.72. The molecule has 0 aromatic heterocycles. The zero-order valence-electron chi connectivity index (χ0n) is 11.6. The lowest BCUT2D eigenvalue weighted by Gasteiger charge is -2.37. The summed E-state index contributed by atoms with van der Waals surface area (Å²) in [7, 11) is 0. The first-order chi connectivity index (χ1) is 9.13. The maximum Gasteiger partial charge on any atom is 0.0984 e. The van der Waals surface area contributed by atoms with Crippen LogP contribution in [-0.4, -0.2) is 42.1 Å². The molecule has 4 heteroatoms. The zero-order chi connectivity index (χ0) is 13.8. The lowest BCUT2D eigenvalue weighted by molar-refractivity contribution is -0.0421. The molecule has 0 bridgehead atoms. The van der Waals surface area contributed by atoms with Crippen molar-refractivity contribution in [2.24, 2.45) is 0 Å². The Morgan fingerprint density at radius 3 is 2.58 bits per heavy atom. The summed E-state index contributed by atoms with van der Waals surface area (Å²) >= 11 is 0. The number of rotatable bonds is 4. The van der Waals surface area contributed by atoms with Crippen molar-refractivity contribution < 1.29 is 14.9 Å². The van der Waals surface area contributed by atoms with Crippen molar-refractivity contribution in [1.29, 1.82) is 0 Å². The van der Waals surface area contributed by atoms with Crippen molar-refractivity contribution in [3.63, 3.8) is 0 Å². The summed E-state index contributed by atoms with van der Waals surface area (Å²) in [5.74, 6) is 0. The number of aliphatic hydroxyl groups excluding tert-OH is 2. The van der Waals surface area contributed by atoms with Crippen molar-refractivity contribution in [3.05, 3.63) is 29.8 Å². The van der Waals surface area contributed by atoms with E-state index in [1.807, 2.05) is 38.1 Å². The summed E-state index contributed by atoms with van der Waals surface area (Å²) in [5, 5.41) is 19.0. The minimum Gasteiger partial charge on any atom is -0.394 e. The van der Waals surface area contributed by atoms with E-state index >= 15 is 0 Å². The summed E-state index contributed by atoms with van der Waals surface area (Å²) in [5.41, 5.74) is 2.06. The van der Waals surface area contributed by atoms with E-state index in [4.69, 9.17) is 4.74 Å². The van der Waals surface area contributed by atoms with Crippen LogP contribution in [0.5, 0.6) is 0 Å². The van der Waals surface area contributed by atoms with Gasteiger partial charge < -0.3 is 19.8 Å². The minimum atomic E-state index is -0.386. The first-order valence-electron chi connectivity index (χ1n) is 6.93. The molecule has 0 spiro atoms. The molecule has 3 atom stereocenters. The maximum absolute atomic E-state index is 9.79. The predicted molar refractivity (Wildman–Crippen MR) is 75.3 cm³/mol. The van der Waals surface area contributed by atoms with Gasteiger partial charge in [-0.15, -0.1) is 0 Å². The summed E-state index contributed by atoms with van der Waals surface area (Å²) in [6.07, 6.45) is 0.333. The molecule has 1 heterocycles. The number of anilines is 1. The van der Waals surface area contributed by atoms with Crippen LogP contribution in [0.15, 0.2) is 24.3 Å². The van der Waals surface area contributed by atoms with Crippen molar-refractivity contribution in [1.82, 2.24) is 0 Å². The summed E-state index contributed by atoms with van der Waals surface area (Å²) in [6.45, 7) is 5.56. The van der Waals surface area contributed by atoms with Crippen LogP contribution in [-0.2, 0) is 4.74 Å². The van der Waals surface area contributed by atoms with Crippen LogP contribution in [0.2, 0.25) is 0 Å². The van der Waals surface area contributed by atoms with Crippen LogP contribution in [0.3, 0.4) is 0 Å². The maximum atomic E-state index is 9.79. The van der Waals surface area contributed by atoms with Crippen LogP contribution in [0.1, 0.15) is 31.9 Å². The SMILES string of the molecule is CC[C@H](O)c1ccc(N2CC(C)OC(CO)C2)cc1. The molecule has 4 nitrogen and oxygen atoms in total. The van der Waals surface area contributed by atoms with Gasteiger partial charge in [-0.3, -0.25) is 0 Å². The van der Waals surface area contributed by atoms with Crippen LogP contribution in [0, 0.1) is 0 Å². The van der Waals surface area contributed by atoms with Crippen LogP contribution in [0.25, 0.3) is 0 Å². The van der Waals surface area contributed by atoms with Crippen molar-refractivity contribution >= 4 is 5.69 Å². The Hall–Kier alpha value is -1.10. The largest absolute Gasteiger partial charge is 0.394 e.